The molecule has 0 aromatic carbocycles. The highest BCUT2D eigenvalue weighted by Crippen LogP contribution is 2.30. The summed E-state index contributed by atoms with van der Waals surface area (Å²) in [6.45, 7) is 0.371. The van der Waals surface area contributed by atoms with Gasteiger partial charge in [0.1, 0.15) is 6.04 Å². The van der Waals surface area contributed by atoms with Crippen molar-refractivity contribution in [3.63, 3.8) is 0 Å². The van der Waals surface area contributed by atoms with E-state index in [0.29, 0.717) is 25.8 Å². The third-order valence-corrected chi connectivity index (χ3v) is 6.44. The van der Waals surface area contributed by atoms with E-state index in [1.807, 2.05) is 0 Å². The summed E-state index contributed by atoms with van der Waals surface area (Å²) in [5.74, 6) is -1.00. The van der Waals surface area contributed by atoms with Gasteiger partial charge in [-0.25, -0.2) is 8.42 Å². The predicted octanol–water partition coefficient (Wildman–Crippen LogP) is 1.59. The van der Waals surface area contributed by atoms with Crippen LogP contribution in [0.15, 0.2) is 0 Å². The van der Waals surface area contributed by atoms with Crippen molar-refractivity contribution in [3.8, 4) is 0 Å². The molecule has 1 saturated heterocycles. The third kappa shape index (κ3) is 2.69. The van der Waals surface area contributed by atoms with Crippen LogP contribution in [0.1, 0.15) is 51.4 Å². The Labute approximate surface area is 108 Å². The zero-order valence-corrected chi connectivity index (χ0v) is 11.4. The summed E-state index contributed by atoms with van der Waals surface area (Å²) in [4.78, 5) is 11.3. The molecule has 104 valence electrons. The molecule has 1 atom stereocenters. The minimum Gasteiger partial charge on any atom is -0.480 e. The molecule has 6 heteroatoms. The SMILES string of the molecule is O=C(O)C1CCCCCN1S(=O)(=O)C1CCCC1. The monoisotopic (exact) mass is 275 g/mol. The molecular weight excluding hydrogens is 254 g/mol. The lowest BCUT2D eigenvalue weighted by Gasteiger charge is -2.28. The molecule has 1 N–H and O–H groups in total. The lowest BCUT2D eigenvalue weighted by Crippen LogP contribution is -2.47. The molecule has 0 bridgehead atoms. The molecule has 1 saturated carbocycles. The van der Waals surface area contributed by atoms with Crippen LogP contribution in [0, 0.1) is 0 Å². The Morgan fingerprint density at radius 2 is 1.61 bits per heavy atom. The molecule has 18 heavy (non-hydrogen) atoms. The Morgan fingerprint density at radius 3 is 2.22 bits per heavy atom. The Balaban J connectivity index is 2.23. The highest BCUT2D eigenvalue weighted by atomic mass is 32.2. The maximum absolute atomic E-state index is 12.5. The van der Waals surface area contributed by atoms with E-state index in [-0.39, 0.29) is 5.25 Å². The topological polar surface area (TPSA) is 74.7 Å². The first-order valence-electron chi connectivity index (χ1n) is 6.77. The van der Waals surface area contributed by atoms with E-state index in [9.17, 15) is 18.3 Å². The minimum absolute atomic E-state index is 0.350. The van der Waals surface area contributed by atoms with E-state index in [2.05, 4.69) is 0 Å². The Morgan fingerprint density at radius 1 is 1.00 bits per heavy atom. The Bertz CT molecular complexity index is 400. The predicted molar refractivity (Wildman–Crippen MR) is 67.8 cm³/mol. The van der Waals surface area contributed by atoms with Crippen molar-refractivity contribution in [2.75, 3.05) is 6.54 Å². The van der Waals surface area contributed by atoms with Gasteiger partial charge in [-0.3, -0.25) is 4.79 Å². The van der Waals surface area contributed by atoms with Crippen LogP contribution in [0.25, 0.3) is 0 Å². The van der Waals surface area contributed by atoms with Gasteiger partial charge in [-0.2, -0.15) is 4.31 Å². The molecule has 1 aliphatic carbocycles. The number of hydrogen-bond acceptors (Lipinski definition) is 3. The van der Waals surface area contributed by atoms with E-state index in [1.54, 1.807) is 0 Å². The first kappa shape index (κ1) is 13.8. The quantitative estimate of drug-likeness (QED) is 0.848. The second-order valence-corrected chi connectivity index (χ2v) is 7.43. The number of hydrogen-bond donors (Lipinski definition) is 1. The minimum atomic E-state index is -3.43. The molecule has 2 rings (SSSR count). The highest BCUT2D eigenvalue weighted by molar-refractivity contribution is 7.89. The van der Waals surface area contributed by atoms with Crippen LogP contribution in [0.3, 0.4) is 0 Å². The van der Waals surface area contributed by atoms with Crippen LogP contribution in [0.5, 0.6) is 0 Å². The van der Waals surface area contributed by atoms with Gasteiger partial charge in [0.05, 0.1) is 5.25 Å². The van der Waals surface area contributed by atoms with Gasteiger partial charge in [0.2, 0.25) is 10.0 Å². The average molecular weight is 275 g/mol. The Kier molecular flexibility index (Phi) is 4.27. The van der Waals surface area contributed by atoms with Crippen molar-refractivity contribution in [1.29, 1.82) is 0 Å². The summed E-state index contributed by atoms with van der Waals surface area (Å²) in [5, 5.41) is 8.88. The zero-order chi connectivity index (χ0) is 13.2. The second-order valence-electron chi connectivity index (χ2n) is 5.27. The van der Waals surface area contributed by atoms with E-state index in [1.165, 1.54) is 4.31 Å². The van der Waals surface area contributed by atoms with Gasteiger partial charge in [0, 0.05) is 6.54 Å². The van der Waals surface area contributed by atoms with Crippen molar-refractivity contribution in [3.05, 3.63) is 0 Å². The molecule has 2 fully saturated rings. The highest BCUT2D eigenvalue weighted by Gasteiger charge is 2.40. The molecule has 0 aromatic heterocycles. The fourth-order valence-corrected chi connectivity index (χ4v) is 5.26. The fourth-order valence-electron chi connectivity index (χ4n) is 3.01. The van der Waals surface area contributed by atoms with Crippen LogP contribution in [-0.4, -0.2) is 41.6 Å². The molecule has 1 unspecified atom stereocenters. The van der Waals surface area contributed by atoms with Crippen molar-refractivity contribution in [1.82, 2.24) is 4.31 Å². The third-order valence-electron chi connectivity index (χ3n) is 4.04. The molecule has 2 aliphatic rings. The van der Waals surface area contributed by atoms with Gasteiger partial charge in [0.25, 0.3) is 0 Å². The lowest BCUT2D eigenvalue weighted by atomic mass is 10.1. The number of carbonyl (C=O) groups is 1. The summed E-state index contributed by atoms with van der Waals surface area (Å²) in [7, 11) is -3.43. The maximum Gasteiger partial charge on any atom is 0.322 e. The largest absolute Gasteiger partial charge is 0.480 e. The molecule has 0 aromatic rings. The number of sulfonamides is 1. The molecule has 5 nitrogen and oxygen atoms in total. The van der Waals surface area contributed by atoms with Crippen molar-refractivity contribution in [2.45, 2.75) is 62.7 Å². The lowest BCUT2D eigenvalue weighted by molar-refractivity contribution is -0.141. The van der Waals surface area contributed by atoms with Crippen LogP contribution < -0.4 is 0 Å². The molecule has 1 aliphatic heterocycles. The van der Waals surface area contributed by atoms with Gasteiger partial charge in [-0.15, -0.1) is 0 Å². The van der Waals surface area contributed by atoms with Crippen LogP contribution in [0.2, 0.25) is 0 Å². The van der Waals surface area contributed by atoms with Gasteiger partial charge in [-0.1, -0.05) is 25.7 Å². The van der Waals surface area contributed by atoms with Crippen molar-refractivity contribution in [2.24, 2.45) is 0 Å². The maximum atomic E-state index is 12.5. The molecular formula is C12H21NO4S. The van der Waals surface area contributed by atoms with E-state index in [0.717, 1.165) is 32.1 Å². The first-order valence-corrected chi connectivity index (χ1v) is 8.27. The van der Waals surface area contributed by atoms with Crippen molar-refractivity contribution < 1.29 is 18.3 Å². The smallest absolute Gasteiger partial charge is 0.322 e. The second kappa shape index (κ2) is 5.57. The summed E-state index contributed by atoms with van der Waals surface area (Å²) < 4.78 is 26.3. The zero-order valence-electron chi connectivity index (χ0n) is 10.5. The standard InChI is InChI=1S/C12H21NO4S/c14-12(15)11-8-2-1-5-9-13(11)18(16,17)10-6-3-4-7-10/h10-11H,1-9H2,(H,14,15). The molecule has 0 radical (unpaired) electrons. The van der Waals surface area contributed by atoms with Gasteiger partial charge >= 0.3 is 5.97 Å². The number of carboxylic acid groups (broad SMARTS) is 1. The summed E-state index contributed by atoms with van der Waals surface area (Å²) in [6.07, 6.45) is 6.19. The fraction of sp³-hybridized carbons (Fsp3) is 0.917. The van der Waals surface area contributed by atoms with Gasteiger partial charge in [-0.05, 0) is 25.7 Å². The molecule has 0 spiro atoms. The van der Waals surface area contributed by atoms with E-state index in [4.69, 9.17) is 0 Å². The Hall–Kier alpha value is -0.620. The van der Waals surface area contributed by atoms with Crippen molar-refractivity contribution >= 4 is 16.0 Å². The normalized spacial score (nSPS) is 28.1. The van der Waals surface area contributed by atoms with Crippen LogP contribution >= 0.6 is 0 Å². The number of nitrogens with zero attached hydrogens (tertiary/aromatic N) is 1. The van der Waals surface area contributed by atoms with E-state index >= 15 is 0 Å². The van der Waals surface area contributed by atoms with Crippen LogP contribution in [0.4, 0.5) is 0 Å². The van der Waals surface area contributed by atoms with Gasteiger partial charge < -0.3 is 5.11 Å². The summed E-state index contributed by atoms with van der Waals surface area (Å²) in [6, 6.07) is -0.849. The summed E-state index contributed by atoms with van der Waals surface area (Å²) in [5.41, 5.74) is 0. The van der Waals surface area contributed by atoms with Crippen LogP contribution in [-0.2, 0) is 14.8 Å². The van der Waals surface area contributed by atoms with E-state index < -0.39 is 22.0 Å². The molecule has 1 heterocycles. The number of rotatable bonds is 3. The summed E-state index contributed by atoms with van der Waals surface area (Å²) >= 11 is 0. The van der Waals surface area contributed by atoms with Gasteiger partial charge in [0.15, 0.2) is 0 Å². The first-order chi connectivity index (χ1) is 8.53. The average Bonchev–Trinajstić information content (AvgIpc) is 2.73. The number of carboxylic acids is 1. The molecule has 0 amide bonds. The number of aliphatic carboxylic acids is 1.